The SMILES string of the molecule is CC(C)Cc1nc(C(=O)N2CCCC(C(=O)O)C2)cs1. The zero-order valence-electron chi connectivity index (χ0n) is 11.8. The van der Waals surface area contributed by atoms with Crippen LogP contribution in [0, 0.1) is 11.8 Å². The summed E-state index contributed by atoms with van der Waals surface area (Å²) in [6, 6.07) is 0. The van der Waals surface area contributed by atoms with Crippen LogP contribution in [0.5, 0.6) is 0 Å². The van der Waals surface area contributed by atoms with Crippen LogP contribution in [0.2, 0.25) is 0 Å². The molecule has 5 nitrogen and oxygen atoms in total. The van der Waals surface area contributed by atoms with E-state index in [1.807, 2.05) is 0 Å². The predicted octanol–water partition coefficient (Wildman–Crippen LogP) is 2.28. The Morgan fingerprint density at radius 2 is 2.30 bits per heavy atom. The molecule has 1 fully saturated rings. The van der Waals surface area contributed by atoms with Gasteiger partial charge in [0.15, 0.2) is 0 Å². The molecule has 2 heterocycles. The van der Waals surface area contributed by atoms with Crippen LogP contribution >= 0.6 is 11.3 Å². The second kappa shape index (κ2) is 6.35. The zero-order chi connectivity index (χ0) is 14.7. The number of likely N-dealkylation sites (tertiary alicyclic amines) is 1. The molecule has 1 aromatic rings. The van der Waals surface area contributed by atoms with Crippen LogP contribution in [0.25, 0.3) is 0 Å². The van der Waals surface area contributed by atoms with Crippen molar-refractivity contribution in [3.63, 3.8) is 0 Å². The number of carboxylic acid groups (broad SMARTS) is 1. The third-order valence-corrected chi connectivity index (χ3v) is 4.28. The number of nitrogens with zero attached hydrogens (tertiary/aromatic N) is 2. The van der Waals surface area contributed by atoms with Crippen LogP contribution in [0.15, 0.2) is 5.38 Å². The lowest BCUT2D eigenvalue weighted by atomic mass is 9.98. The first kappa shape index (κ1) is 15.0. The number of carboxylic acids is 1. The van der Waals surface area contributed by atoms with Gasteiger partial charge >= 0.3 is 5.97 Å². The lowest BCUT2D eigenvalue weighted by molar-refractivity contribution is -0.143. The molecule has 1 aliphatic rings. The number of carbonyl (C=O) groups is 2. The molecule has 110 valence electrons. The van der Waals surface area contributed by atoms with Gasteiger partial charge in [-0.25, -0.2) is 4.98 Å². The highest BCUT2D eigenvalue weighted by molar-refractivity contribution is 7.09. The number of hydrogen-bond donors (Lipinski definition) is 1. The Bertz CT molecular complexity index is 498. The monoisotopic (exact) mass is 296 g/mol. The van der Waals surface area contributed by atoms with Crippen molar-refractivity contribution in [2.75, 3.05) is 13.1 Å². The molecule has 0 bridgehead atoms. The number of thiazole rings is 1. The molecule has 0 aliphatic carbocycles. The maximum absolute atomic E-state index is 12.3. The maximum Gasteiger partial charge on any atom is 0.308 e. The van der Waals surface area contributed by atoms with Gasteiger partial charge in [0, 0.05) is 24.9 Å². The van der Waals surface area contributed by atoms with Crippen LogP contribution < -0.4 is 0 Å². The molecule has 6 heteroatoms. The smallest absolute Gasteiger partial charge is 0.308 e. The molecule has 1 saturated heterocycles. The van der Waals surface area contributed by atoms with E-state index in [2.05, 4.69) is 18.8 Å². The van der Waals surface area contributed by atoms with Gasteiger partial charge in [-0.3, -0.25) is 9.59 Å². The largest absolute Gasteiger partial charge is 0.481 e. The van der Waals surface area contributed by atoms with E-state index in [-0.39, 0.29) is 5.91 Å². The second-order valence-corrected chi connectivity index (χ2v) is 6.60. The van der Waals surface area contributed by atoms with Crippen LogP contribution in [0.4, 0.5) is 0 Å². The number of piperidine rings is 1. The minimum atomic E-state index is -0.818. The fourth-order valence-electron chi connectivity index (χ4n) is 2.38. The first-order valence-corrected chi connectivity index (χ1v) is 7.81. The summed E-state index contributed by atoms with van der Waals surface area (Å²) in [6.07, 6.45) is 2.26. The first-order chi connectivity index (χ1) is 9.47. The number of rotatable bonds is 4. The minimum absolute atomic E-state index is 0.137. The van der Waals surface area contributed by atoms with Crippen molar-refractivity contribution in [3.05, 3.63) is 16.1 Å². The average Bonchev–Trinajstić information content (AvgIpc) is 2.85. The van der Waals surface area contributed by atoms with Gasteiger partial charge < -0.3 is 10.0 Å². The van der Waals surface area contributed by atoms with Crippen LogP contribution in [0.1, 0.15) is 42.2 Å². The molecule has 20 heavy (non-hydrogen) atoms. The summed E-state index contributed by atoms with van der Waals surface area (Å²) in [5.74, 6) is -0.888. The molecular weight excluding hydrogens is 276 g/mol. The molecule has 0 radical (unpaired) electrons. The maximum atomic E-state index is 12.3. The van der Waals surface area contributed by atoms with E-state index in [1.54, 1.807) is 10.3 Å². The van der Waals surface area contributed by atoms with Crippen molar-refractivity contribution in [2.24, 2.45) is 11.8 Å². The summed E-state index contributed by atoms with van der Waals surface area (Å²) in [5.41, 5.74) is 0.455. The van der Waals surface area contributed by atoms with E-state index in [4.69, 9.17) is 5.11 Å². The van der Waals surface area contributed by atoms with Crippen molar-refractivity contribution in [1.29, 1.82) is 0 Å². The topological polar surface area (TPSA) is 70.5 Å². The van der Waals surface area contributed by atoms with E-state index < -0.39 is 11.9 Å². The first-order valence-electron chi connectivity index (χ1n) is 6.94. The van der Waals surface area contributed by atoms with Crippen molar-refractivity contribution in [2.45, 2.75) is 33.1 Å². The van der Waals surface area contributed by atoms with Gasteiger partial charge in [-0.15, -0.1) is 11.3 Å². The third kappa shape index (κ3) is 3.56. The van der Waals surface area contributed by atoms with E-state index >= 15 is 0 Å². The van der Waals surface area contributed by atoms with E-state index in [0.717, 1.165) is 17.8 Å². The third-order valence-electron chi connectivity index (χ3n) is 3.41. The number of amides is 1. The Balaban J connectivity index is 2.03. The summed E-state index contributed by atoms with van der Waals surface area (Å²) >= 11 is 1.50. The van der Waals surface area contributed by atoms with Gasteiger partial charge in [0.2, 0.25) is 0 Å². The van der Waals surface area contributed by atoms with E-state index in [1.165, 1.54) is 11.3 Å². The Hall–Kier alpha value is -1.43. The number of aromatic nitrogens is 1. The standard InChI is InChI=1S/C14H20N2O3S/c1-9(2)6-12-15-11(8-20-12)13(17)16-5-3-4-10(7-16)14(18)19/h8-10H,3-7H2,1-2H3,(H,18,19). The van der Waals surface area contributed by atoms with Gasteiger partial charge in [0.25, 0.3) is 5.91 Å². The summed E-state index contributed by atoms with van der Waals surface area (Å²) < 4.78 is 0. The van der Waals surface area contributed by atoms with Crippen LogP contribution in [0.3, 0.4) is 0 Å². The van der Waals surface area contributed by atoms with Crippen molar-refractivity contribution in [1.82, 2.24) is 9.88 Å². The number of aliphatic carboxylic acids is 1. The summed E-state index contributed by atoms with van der Waals surface area (Å²) in [5, 5.41) is 11.8. The van der Waals surface area contributed by atoms with Crippen molar-refractivity contribution in [3.8, 4) is 0 Å². The fraction of sp³-hybridized carbons (Fsp3) is 0.643. The lowest BCUT2D eigenvalue weighted by Gasteiger charge is -2.30. The molecule has 1 amide bonds. The highest BCUT2D eigenvalue weighted by Gasteiger charge is 2.29. The molecular formula is C14H20N2O3S. The van der Waals surface area contributed by atoms with Gasteiger partial charge in [-0.1, -0.05) is 13.8 Å². The highest BCUT2D eigenvalue weighted by atomic mass is 32.1. The molecule has 1 unspecified atom stereocenters. The number of hydrogen-bond acceptors (Lipinski definition) is 4. The molecule has 1 aromatic heterocycles. The summed E-state index contributed by atoms with van der Waals surface area (Å²) in [4.78, 5) is 29.4. The Morgan fingerprint density at radius 1 is 1.55 bits per heavy atom. The van der Waals surface area contributed by atoms with Crippen molar-refractivity contribution >= 4 is 23.2 Å². The lowest BCUT2D eigenvalue weighted by Crippen LogP contribution is -2.42. The molecule has 0 aromatic carbocycles. The van der Waals surface area contributed by atoms with Crippen LogP contribution in [-0.4, -0.2) is 40.0 Å². The molecule has 2 rings (SSSR count). The van der Waals surface area contributed by atoms with Gasteiger partial charge in [-0.05, 0) is 18.8 Å². The van der Waals surface area contributed by atoms with Crippen LogP contribution in [-0.2, 0) is 11.2 Å². The highest BCUT2D eigenvalue weighted by Crippen LogP contribution is 2.20. The minimum Gasteiger partial charge on any atom is -0.481 e. The zero-order valence-corrected chi connectivity index (χ0v) is 12.7. The predicted molar refractivity (Wildman–Crippen MR) is 76.9 cm³/mol. The van der Waals surface area contributed by atoms with E-state index in [0.29, 0.717) is 31.1 Å². The summed E-state index contributed by atoms with van der Waals surface area (Å²) in [6.45, 7) is 5.15. The molecule has 0 spiro atoms. The average molecular weight is 296 g/mol. The molecule has 1 aliphatic heterocycles. The quantitative estimate of drug-likeness (QED) is 0.925. The number of carbonyl (C=O) groups excluding carboxylic acids is 1. The fourth-order valence-corrected chi connectivity index (χ4v) is 3.36. The van der Waals surface area contributed by atoms with Gasteiger partial charge in [-0.2, -0.15) is 0 Å². The van der Waals surface area contributed by atoms with E-state index in [9.17, 15) is 9.59 Å². The normalized spacial score (nSPS) is 19.4. The molecule has 1 atom stereocenters. The van der Waals surface area contributed by atoms with Crippen molar-refractivity contribution < 1.29 is 14.7 Å². The Labute approximate surface area is 122 Å². The Kier molecular flexibility index (Phi) is 4.75. The molecule has 1 N–H and O–H groups in total. The summed E-state index contributed by atoms with van der Waals surface area (Å²) in [7, 11) is 0. The van der Waals surface area contributed by atoms with Gasteiger partial charge in [0.05, 0.1) is 10.9 Å². The molecule has 0 saturated carbocycles. The Morgan fingerprint density at radius 3 is 2.95 bits per heavy atom. The second-order valence-electron chi connectivity index (χ2n) is 5.65. The van der Waals surface area contributed by atoms with Gasteiger partial charge in [0.1, 0.15) is 5.69 Å².